The van der Waals surface area contributed by atoms with Gasteiger partial charge in [-0.3, -0.25) is 10.3 Å². The number of hydrogen-bond donors (Lipinski definition) is 2. The predicted octanol–water partition coefficient (Wildman–Crippen LogP) is 2.12. The zero-order valence-electron chi connectivity index (χ0n) is 12.2. The number of imidazole rings is 1. The fourth-order valence-electron chi connectivity index (χ4n) is 2.32. The molecule has 0 aromatic carbocycles. The summed E-state index contributed by atoms with van der Waals surface area (Å²) in [5.41, 5.74) is 7.49. The van der Waals surface area contributed by atoms with Crippen molar-refractivity contribution in [1.82, 2.24) is 14.3 Å². The summed E-state index contributed by atoms with van der Waals surface area (Å²) < 4.78 is 2.04. The Labute approximate surface area is 119 Å². The first kappa shape index (κ1) is 14.5. The lowest BCUT2D eigenvalue weighted by atomic mass is 10.2. The SMILES string of the molecule is CC(C)CN(CCC(=N)N)Cc1cn2ccccc2n1. The number of pyridine rings is 1. The predicted molar refractivity (Wildman–Crippen MR) is 81.8 cm³/mol. The van der Waals surface area contributed by atoms with E-state index in [0.717, 1.165) is 31.0 Å². The maximum absolute atomic E-state index is 7.37. The first-order chi connectivity index (χ1) is 9.54. The van der Waals surface area contributed by atoms with Crippen molar-refractivity contribution in [2.24, 2.45) is 11.7 Å². The molecule has 0 saturated heterocycles. The van der Waals surface area contributed by atoms with E-state index in [1.54, 1.807) is 0 Å². The van der Waals surface area contributed by atoms with E-state index in [-0.39, 0.29) is 5.84 Å². The Balaban J connectivity index is 2.07. The average Bonchev–Trinajstić information content (AvgIpc) is 2.77. The molecule has 0 saturated carbocycles. The highest BCUT2D eigenvalue weighted by atomic mass is 15.1. The van der Waals surface area contributed by atoms with Crippen LogP contribution in [0.4, 0.5) is 0 Å². The zero-order valence-corrected chi connectivity index (χ0v) is 12.2. The molecule has 0 unspecified atom stereocenters. The van der Waals surface area contributed by atoms with Gasteiger partial charge < -0.3 is 10.1 Å². The molecule has 108 valence electrons. The number of hydrogen-bond acceptors (Lipinski definition) is 3. The summed E-state index contributed by atoms with van der Waals surface area (Å²) in [5, 5.41) is 7.37. The molecule has 20 heavy (non-hydrogen) atoms. The fourth-order valence-corrected chi connectivity index (χ4v) is 2.32. The van der Waals surface area contributed by atoms with Gasteiger partial charge in [-0.15, -0.1) is 0 Å². The number of nitrogens with two attached hydrogens (primary N) is 1. The number of nitrogens with one attached hydrogen (secondary N) is 1. The van der Waals surface area contributed by atoms with Crippen molar-refractivity contribution >= 4 is 11.5 Å². The van der Waals surface area contributed by atoms with Gasteiger partial charge in [0, 0.05) is 38.4 Å². The number of amidine groups is 1. The van der Waals surface area contributed by atoms with Crippen molar-refractivity contribution in [3.8, 4) is 0 Å². The molecule has 0 aliphatic carbocycles. The van der Waals surface area contributed by atoms with Crippen LogP contribution in [-0.2, 0) is 6.54 Å². The van der Waals surface area contributed by atoms with Crippen molar-refractivity contribution in [2.75, 3.05) is 13.1 Å². The van der Waals surface area contributed by atoms with Crippen LogP contribution in [0.2, 0.25) is 0 Å². The Morgan fingerprint density at radius 1 is 1.45 bits per heavy atom. The largest absolute Gasteiger partial charge is 0.388 e. The van der Waals surface area contributed by atoms with Crippen molar-refractivity contribution in [3.05, 3.63) is 36.3 Å². The summed E-state index contributed by atoms with van der Waals surface area (Å²) in [6.07, 6.45) is 4.69. The van der Waals surface area contributed by atoms with E-state index >= 15 is 0 Å². The molecule has 2 aromatic heterocycles. The molecule has 0 radical (unpaired) electrons. The van der Waals surface area contributed by atoms with Gasteiger partial charge in [-0.2, -0.15) is 0 Å². The normalized spacial score (nSPS) is 11.6. The molecule has 2 heterocycles. The summed E-state index contributed by atoms with van der Waals surface area (Å²) in [5.74, 6) is 0.827. The standard InChI is InChI=1S/C15H23N5/c1-12(2)9-19(8-6-14(16)17)10-13-11-20-7-4-3-5-15(20)18-13/h3-5,7,11-12H,6,8-10H2,1-2H3,(H3,16,17). The summed E-state index contributed by atoms with van der Waals surface area (Å²) in [6.45, 7) is 6.99. The third kappa shape index (κ3) is 4.06. The van der Waals surface area contributed by atoms with Crippen LogP contribution in [0, 0.1) is 11.3 Å². The topological polar surface area (TPSA) is 70.4 Å². The molecular formula is C15H23N5. The minimum Gasteiger partial charge on any atom is -0.388 e. The Morgan fingerprint density at radius 2 is 2.25 bits per heavy atom. The molecule has 3 N–H and O–H groups in total. The van der Waals surface area contributed by atoms with E-state index in [9.17, 15) is 0 Å². The number of fused-ring (bicyclic) bond motifs is 1. The Bertz CT molecular complexity index is 539. The van der Waals surface area contributed by atoms with E-state index in [0.29, 0.717) is 12.3 Å². The van der Waals surface area contributed by atoms with Gasteiger partial charge in [0.25, 0.3) is 0 Å². The van der Waals surface area contributed by atoms with Gasteiger partial charge in [0.1, 0.15) is 5.65 Å². The minimum absolute atomic E-state index is 0.244. The van der Waals surface area contributed by atoms with E-state index in [1.807, 2.05) is 28.8 Å². The molecule has 5 heteroatoms. The highest BCUT2D eigenvalue weighted by Gasteiger charge is 2.11. The van der Waals surface area contributed by atoms with Crippen LogP contribution in [0.3, 0.4) is 0 Å². The first-order valence-corrected chi connectivity index (χ1v) is 7.02. The van der Waals surface area contributed by atoms with Crippen molar-refractivity contribution in [1.29, 1.82) is 5.41 Å². The molecule has 0 aliphatic heterocycles. The third-order valence-corrected chi connectivity index (χ3v) is 3.12. The number of rotatable bonds is 7. The minimum atomic E-state index is 0.244. The lowest BCUT2D eigenvalue weighted by Gasteiger charge is -2.23. The van der Waals surface area contributed by atoms with E-state index in [1.165, 1.54) is 0 Å². The van der Waals surface area contributed by atoms with Crippen LogP contribution in [0.5, 0.6) is 0 Å². The van der Waals surface area contributed by atoms with E-state index < -0.39 is 0 Å². The van der Waals surface area contributed by atoms with Crippen molar-refractivity contribution < 1.29 is 0 Å². The second-order valence-electron chi connectivity index (χ2n) is 5.60. The molecule has 0 atom stereocenters. The van der Waals surface area contributed by atoms with E-state index in [4.69, 9.17) is 11.1 Å². The molecule has 2 rings (SSSR count). The molecule has 0 bridgehead atoms. The molecule has 2 aromatic rings. The summed E-state index contributed by atoms with van der Waals surface area (Å²) in [7, 11) is 0. The Morgan fingerprint density at radius 3 is 2.90 bits per heavy atom. The quantitative estimate of drug-likeness (QED) is 0.599. The number of nitrogens with zero attached hydrogens (tertiary/aromatic N) is 3. The van der Waals surface area contributed by atoms with Crippen LogP contribution in [-0.4, -0.2) is 33.2 Å². The summed E-state index contributed by atoms with van der Waals surface area (Å²) >= 11 is 0. The van der Waals surface area contributed by atoms with Crippen molar-refractivity contribution in [2.45, 2.75) is 26.8 Å². The van der Waals surface area contributed by atoms with E-state index in [2.05, 4.69) is 29.9 Å². The molecule has 5 nitrogen and oxygen atoms in total. The summed E-state index contributed by atoms with van der Waals surface area (Å²) in [6, 6.07) is 6.00. The average molecular weight is 273 g/mol. The smallest absolute Gasteiger partial charge is 0.137 e. The van der Waals surface area contributed by atoms with Gasteiger partial charge in [0.15, 0.2) is 0 Å². The van der Waals surface area contributed by atoms with Crippen molar-refractivity contribution in [3.63, 3.8) is 0 Å². The second kappa shape index (κ2) is 6.52. The Kier molecular flexibility index (Phi) is 4.74. The van der Waals surface area contributed by atoms with Crippen LogP contribution in [0.15, 0.2) is 30.6 Å². The Hall–Kier alpha value is -1.88. The number of aromatic nitrogens is 2. The maximum atomic E-state index is 7.37. The fraction of sp³-hybridized carbons (Fsp3) is 0.467. The highest BCUT2D eigenvalue weighted by molar-refractivity contribution is 5.76. The van der Waals surface area contributed by atoms with Gasteiger partial charge >= 0.3 is 0 Å². The molecule has 0 aliphatic rings. The second-order valence-corrected chi connectivity index (χ2v) is 5.60. The van der Waals surface area contributed by atoms with Crippen LogP contribution in [0.25, 0.3) is 5.65 Å². The lowest BCUT2D eigenvalue weighted by molar-refractivity contribution is 0.240. The summed E-state index contributed by atoms with van der Waals surface area (Å²) in [4.78, 5) is 6.94. The zero-order chi connectivity index (χ0) is 14.5. The highest BCUT2D eigenvalue weighted by Crippen LogP contribution is 2.09. The molecule has 0 fully saturated rings. The van der Waals surface area contributed by atoms with Gasteiger partial charge in [-0.05, 0) is 18.1 Å². The first-order valence-electron chi connectivity index (χ1n) is 7.02. The van der Waals surface area contributed by atoms with Crippen LogP contribution >= 0.6 is 0 Å². The molecule has 0 spiro atoms. The van der Waals surface area contributed by atoms with Crippen LogP contribution in [0.1, 0.15) is 26.0 Å². The van der Waals surface area contributed by atoms with Gasteiger partial charge in [-0.1, -0.05) is 19.9 Å². The van der Waals surface area contributed by atoms with Crippen LogP contribution < -0.4 is 5.73 Å². The van der Waals surface area contributed by atoms with Gasteiger partial charge in [-0.25, -0.2) is 4.98 Å². The molecule has 0 amide bonds. The maximum Gasteiger partial charge on any atom is 0.137 e. The van der Waals surface area contributed by atoms with Gasteiger partial charge in [0.05, 0.1) is 11.5 Å². The van der Waals surface area contributed by atoms with Gasteiger partial charge in [0.2, 0.25) is 0 Å². The lowest BCUT2D eigenvalue weighted by Crippen LogP contribution is -2.31. The molecular weight excluding hydrogens is 250 g/mol. The monoisotopic (exact) mass is 273 g/mol. The third-order valence-electron chi connectivity index (χ3n) is 3.12.